The van der Waals surface area contributed by atoms with Crippen LogP contribution in [0.25, 0.3) is 10.8 Å². The molecule has 0 unspecified atom stereocenters. The first kappa shape index (κ1) is 16.3. The zero-order valence-electron chi connectivity index (χ0n) is 12.2. The molecule has 118 valence electrons. The molecule has 0 fully saturated rings. The Morgan fingerprint density at radius 3 is 2.09 bits per heavy atom. The maximum Gasteiger partial charge on any atom is 0.158 e. The fourth-order valence-corrected chi connectivity index (χ4v) is 4.86. The van der Waals surface area contributed by atoms with Gasteiger partial charge >= 0.3 is 0 Å². The second-order valence-electron chi connectivity index (χ2n) is 5.37. The van der Waals surface area contributed by atoms with Crippen molar-refractivity contribution in [2.75, 3.05) is 0 Å². The average molecular weight is 365 g/mol. The summed E-state index contributed by atoms with van der Waals surface area (Å²) in [5.74, 6) is -0.218. The van der Waals surface area contributed by atoms with E-state index in [9.17, 15) is 8.42 Å². The van der Waals surface area contributed by atoms with Crippen molar-refractivity contribution in [2.24, 2.45) is 0 Å². The van der Waals surface area contributed by atoms with Crippen molar-refractivity contribution in [3.63, 3.8) is 0 Å². The van der Waals surface area contributed by atoms with E-state index < -0.39 is 9.84 Å². The van der Waals surface area contributed by atoms with Gasteiger partial charge in [0.1, 0.15) is 0 Å². The van der Waals surface area contributed by atoms with Crippen molar-refractivity contribution in [3.8, 4) is 0 Å². The number of sulfone groups is 1. The van der Waals surface area contributed by atoms with Crippen LogP contribution in [0.2, 0.25) is 10.0 Å². The minimum Gasteiger partial charge on any atom is -0.228 e. The first-order chi connectivity index (χ1) is 11.0. The van der Waals surface area contributed by atoms with Crippen LogP contribution in [0.15, 0.2) is 60.7 Å². The van der Waals surface area contributed by atoms with Gasteiger partial charge in [-0.3, -0.25) is 0 Å². The molecule has 0 saturated heterocycles. The Kier molecular flexibility index (Phi) is 4.62. The monoisotopic (exact) mass is 364 g/mol. The first-order valence-corrected chi connectivity index (χ1v) is 9.64. The Hall–Kier alpha value is -1.55. The molecule has 0 N–H and O–H groups in total. The minimum atomic E-state index is -3.39. The van der Waals surface area contributed by atoms with Gasteiger partial charge in [-0.1, -0.05) is 71.7 Å². The Morgan fingerprint density at radius 2 is 1.35 bits per heavy atom. The van der Waals surface area contributed by atoms with Gasteiger partial charge in [-0.05, 0) is 28.5 Å². The van der Waals surface area contributed by atoms with Gasteiger partial charge in [0, 0.05) is 15.6 Å². The highest BCUT2D eigenvalue weighted by molar-refractivity contribution is 7.89. The lowest BCUT2D eigenvalue weighted by molar-refractivity contribution is 0.594. The molecule has 3 aromatic carbocycles. The molecule has 0 amide bonds. The highest BCUT2D eigenvalue weighted by atomic mass is 35.5. The summed E-state index contributed by atoms with van der Waals surface area (Å²) in [6.07, 6.45) is 0. The molecule has 0 aliphatic heterocycles. The van der Waals surface area contributed by atoms with Gasteiger partial charge in [-0.25, -0.2) is 8.42 Å². The van der Waals surface area contributed by atoms with E-state index in [0.717, 1.165) is 16.3 Å². The molecule has 23 heavy (non-hydrogen) atoms. The van der Waals surface area contributed by atoms with Gasteiger partial charge in [-0.2, -0.15) is 0 Å². The lowest BCUT2D eigenvalue weighted by Crippen LogP contribution is -2.09. The zero-order valence-corrected chi connectivity index (χ0v) is 14.5. The molecule has 0 aliphatic carbocycles. The number of benzene rings is 3. The molecular formula is C18H14Cl2O2S. The molecule has 0 heterocycles. The molecule has 0 aliphatic rings. The second kappa shape index (κ2) is 6.52. The Labute approximate surface area is 145 Å². The van der Waals surface area contributed by atoms with Crippen LogP contribution in [0.3, 0.4) is 0 Å². The molecule has 2 nitrogen and oxygen atoms in total. The number of fused-ring (bicyclic) bond motifs is 1. The van der Waals surface area contributed by atoms with Crippen molar-refractivity contribution in [2.45, 2.75) is 11.5 Å². The maximum atomic E-state index is 12.6. The summed E-state index contributed by atoms with van der Waals surface area (Å²) in [5, 5.41) is 2.72. The fourth-order valence-electron chi connectivity index (χ4n) is 2.60. The molecule has 0 spiro atoms. The van der Waals surface area contributed by atoms with Crippen LogP contribution < -0.4 is 0 Å². The molecule has 0 atom stereocenters. The van der Waals surface area contributed by atoms with E-state index in [1.54, 1.807) is 18.2 Å². The van der Waals surface area contributed by atoms with E-state index in [1.165, 1.54) is 0 Å². The van der Waals surface area contributed by atoms with E-state index in [4.69, 9.17) is 23.2 Å². The third kappa shape index (κ3) is 3.69. The van der Waals surface area contributed by atoms with Crippen LogP contribution in [0.5, 0.6) is 0 Å². The summed E-state index contributed by atoms with van der Waals surface area (Å²) in [7, 11) is -3.39. The van der Waals surface area contributed by atoms with E-state index >= 15 is 0 Å². The number of hydrogen-bond donors (Lipinski definition) is 0. The zero-order chi connectivity index (χ0) is 16.4. The summed E-state index contributed by atoms with van der Waals surface area (Å²) in [6.45, 7) is 0. The van der Waals surface area contributed by atoms with Crippen LogP contribution in [-0.2, 0) is 21.3 Å². The molecule has 0 bridgehead atoms. The standard InChI is InChI=1S/C18H14Cl2O2S/c19-17-9-4-10-18(20)16(17)12-23(21,22)11-14-7-3-6-13-5-1-2-8-15(13)14/h1-10H,11-12H2. The SMILES string of the molecule is O=S(=O)(Cc1c(Cl)cccc1Cl)Cc1cccc2ccccc12. The van der Waals surface area contributed by atoms with Crippen molar-refractivity contribution in [3.05, 3.63) is 81.8 Å². The molecule has 0 aromatic heterocycles. The topological polar surface area (TPSA) is 34.1 Å². The normalized spacial score (nSPS) is 11.7. The van der Waals surface area contributed by atoms with E-state index in [1.807, 2.05) is 42.5 Å². The predicted octanol–water partition coefficient (Wildman–Crippen LogP) is 5.26. The van der Waals surface area contributed by atoms with Crippen LogP contribution in [-0.4, -0.2) is 8.42 Å². The molecular weight excluding hydrogens is 351 g/mol. The molecule has 0 saturated carbocycles. The smallest absolute Gasteiger partial charge is 0.158 e. The van der Waals surface area contributed by atoms with E-state index in [-0.39, 0.29) is 11.5 Å². The molecule has 0 radical (unpaired) electrons. The highest BCUT2D eigenvalue weighted by Crippen LogP contribution is 2.28. The quantitative estimate of drug-likeness (QED) is 0.632. The van der Waals surface area contributed by atoms with E-state index in [2.05, 4.69) is 0 Å². The van der Waals surface area contributed by atoms with Gasteiger partial charge < -0.3 is 0 Å². The van der Waals surface area contributed by atoms with E-state index in [0.29, 0.717) is 15.6 Å². The second-order valence-corrected chi connectivity index (χ2v) is 8.25. The van der Waals surface area contributed by atoms with Gasteiger partial charge in [0.15, 0.2) is 9.84 Å². The summed E-state index contributed by atoms with van der Waals surface area (Å²) < 4.78 is 25.2. The van der Waals surface area contributed by atoms with Crippen molar-refractivity contribution in [1.29, 1.82) is 0 Å². The van der Waals surface area contributed by atoms with Crippen LogP contribution in [0.4, 0.5) is 0 Å². The largest absolute Gasteiger partial charge is 0.228 e. The lowest BCUT2D eigenvalue weighted by atomic mass is 10.1. The highest BCUT2D eigenvalue weighted by Gasteiger charge is 2.18. The van der Waals surface area contributed by atoms with Gasteiger partial charge in [0.2, 0.25) is 0 Å². The van der Waals surface area contributed by atoms with Gasteiger partial charge in [0.05, 0.1) is 11.5 Å². The van der Waals surface area contributed by atoms with Crippen molar-refractivity contribution in [1.82, 2.24) is 0 Å². The van der Waals surface area contributed by atoms with Gasteiger partial charge in [-0.15, -0.1) is 0 Å². The average Bonchev–Trinajstić information content (AvgIpc) is 2.51. The molecule has 3 aromatic rings. The minimum absolute atomic E-state index is 0.0457. The van der Waals surface area contributed by atoms with Crippen LogP contribution in [0.1, 0.15) is 11.1 Å². The summed E-state index contributed by atoms with van der Waals surface area (Å²) in [6, 6.07) is 18.4. The Bertz CT molecular complexity index is 940. The number of rotatable bonds is 4. The van der Waals surface area contributed by atoms with Crippen LogP contribution >= 0.6 is 23.2 Å². The predicted molar refractivity (Wildman–Crippen MR) is 96.7 cm³/mol. The fraction of sp³-hybridized carbons (Fsp3) is 0.111. The van der Waals surface area contributed by atoms with Crippen molar-refractivity contribution >= 4 is 43.8 Å². The lowest BCUT2D eigenvalue weighted by Gasteiger charge is -2.10. The third-order valence-electron chi connectivity index (χ3n) is 3.68. The maximum absolute atomic E-state index is 12.6. The first-order valence-electron chi connectivity index (χ1n) is 7.06. The Morgan fingerprint density at radius 1 is 0.739 bits per heavy atom. The summed E-state index contributed by atoms with van der Waals surface area (Å²) in [4.78, 5) is 0. The third-order valence-corrected chi connectivity index (χ3v) is 5.87. The number of halogens is 2. The number of hydrogen-bond acceptors (Lipinski definition) is 2. The Balaban J connectivity index is 1.95. The molecule has 5 heteroatoms. The van der Waals surface area contributed by atoms with Crippen LogP contribution in [0, 0.1) is 0 Å². The van der Waals surface area contributed by atoms with Crippen molar-refractivity contribution < 1.29 is 8.42 Å². The van der Waals surface area contributed by atoms with Gasteiger partial charge in [0.25, 0.3) is 0 Å². The molecule has 3 rings (SSSR count). The summed E-state index contributed by atoms with van der Waals surface area (Å²) in [5.41, 5.74) is 1.24. The summed E-state index contributed by atoms with van der Waals surface area (Å²) >= 11 is 12.2.